The van der Waals surface area contributed by atoms with Gasteiger partial charge < -0.3 is 15.1 Å². The number of carbonyl (C=O) groups excluding carboxylic acids is 3. The highest BCUT2D eigenvalue weighted by Gasteiger charge is 2.54. The van der Waals surface area contributed by atoms with Crippen LogP contribution in [-0.2, 0) is 9.59 Å². The standard InChI is InChI=1S/C21H26N6O3/c1-15(27-19(29)21(24-20(27)30)7-2-3-8-21)18(28)26-11-5-10-25(12-13-26)17-16(14-22)6-4-9-23-17/h4,6,9,15H,2-3,5,7-8,10-13H2,1H3,(H,24,30). The second kappa shape index (κ2) is 7.94. The van der Waals surface area contributed by atoms with E-state index >= 15 is 0 Å². The van der Waals surface area contributed by atoms with E-state index in [1.54, 1.807) is 30.2 Å². The molecule has 3 aliphatic rings. The summed E-state index contributed by atoms with van der Waals surface area (Å²) in [7, 11) is 0. The van der Waals surface area contributed by atoms with Crippen LogP contribution in [0.3, 0.4) is 0 Å². The van der Waals surface area contributed by atoms with E-state index in [0.717, 1.165) is 17.7 Å². The zero-order valence-electron chi connectivity index (χ0n) is 17.1. The first kappa shape index (κ1) is 20.1. The van der Waals surface area contributed by atoms with Crippen molar-refractivity contribution in [2.75, 3.05) is 31.1 Å². The Labute approximate surface area is 175 Å². The molecule has 1 spiro atoms. The molecular weight excluding hydrogens is 384 g/mol. The van der Waals surface area contributed by atoms with Crippen molar-refractivity contribution in [3.63, 3.8) is 0 Å². The molecule has 0 aromatic carbocycles. The molecule has 2 saturated heterocycles. The highest BCUT2D eigenvalue weighted by Crippen LogP contribution is 2.36. The van der Waals surface area contributed by atoms with Gasteiger partial charge in [0.2, 0.25) is 5.91 Å². The van der Waals surface area contributed by atoms with Crippen LogP contribution in [0.4, 0.5) is 10.6 Å². The maximum atomic E-state index is 13.2. The number of rotatable bonds is 3. The van der Waals surface area contributed by atoms with Gasteiger partial charge in [-0.3, -0.25) is 9.59 Å². The Bertz CT molecular complexity index is 904. The average Bonchev–Trinajstić information content (AvgIpc) is 3.21. The van der Waals surface area contributed by atoms with Crippen molar-refractivity contribution in [2.45, 2.75) is 50.6 Å². The average molecular weight is 410 g/mol. The lowest BCUT2D eigenvalue weighted by Crippen LogP contribution is -2.51. The smallest absolute Gasteiger partial charge is 0.325 e. The van der Waals surface area contributed by atoms with Crippen molar-refractivity contribution < 1.29 is 14.4 Å². The molecule has 1 aromatic rings. The van der Waals surface area contributed by atoms with Gasteiger partial charge in [0.1, 0.15) is 23.5 Å². The molecule has 1 saturated carbocycles. The van der Waals surface area contributed by atoms with Gasteiger partial charge in [0.05, 0.1) is 5.56 Å². The molecule has 4 amide bonds. The number of nitriles is 1. The molecule has 0 radical (unpaired) electrons. The number of urea groups is 1. The number of carbonyl (C=O) groups is 3. The summed E-state index contributed by atoms with van der Waals surface area (Å²) in [6.45, 7) is 3.82. The molecule has 3 fully saturated rings. The summed E-state index contributed by atoms with van der Waals surface area (Å²) in [5, 5.41) is 12.2. The second-order valence-corrected chi connectivity index (χ2v) is 8.22. The predicted octanol–water partition coefficient (Wildman–Crippen LogP) is 1.25. The van der Waals surface area contributed by atoms with Crippen LogP contribution in [0.5, 0.6) is 0 Å². The SMILES string of the molecule is CC(C(=O)N1CCCN(c2ncccc2C#N)CC1)N1C(=O)NC2(CCCC2)C1=O. The Morgan fingerprint density at radius 2 is 1.97 bits per heavy atom. The first-order valence-corrected chi connectivity index (χ1v) is 10.5. The van der Waals surface area contributed by atoms with Crippen molar-refractivity contribution in [1.82, 2.24) is 20.1 Å². The normalized spacial score (nSPS) is 22.1. The predicted molar refractivity (Wildman–Crippen MR) is 108 cm³/mol. The third kappa shape index (κ3) is 3.36. The summed E-state index contributed by atoms with van der Waals surface area (Å²) < 4.78 is 0. The summed E-state index contributed by atoms with van der Waals surface area (Å²) >= 11 is 0. The Kier molecular flexibility index (Phi) is 5.33. The minimum atomic E-state index is -0.839. The molecule has 9 nitrogen and oxygen atoms in total. The molecule has 1 atom stereocenters. The highest BCUT2D eigenvalue weighted by molar-refractivity contribution is 6.10. The van der Waals surface area contributed by atoms with Gasteiger partial charge in [-0.15, -0.1) is 0 Å². The van der Waals surface area contributed by atoms with Crippen molar-refractivity contribution in [3.05, 3.63) is 23.9 Å². The van der Waals surface area contributed by atoms with Gasteiger partial charge in [-0.25, -0.2) is 14.7 Å². The summed E-state index contributed by atoms with van der Waals surface area (Å²) in [6.07, 6.45) is 5.45. The summed E-state index contributed by atoms with van der Waals surface area (Å²) in [4.78, 5) is 47.8. The van der Waals surface area contributed by atoms with Crippen LogP contribution in [0.1, 0.15) is 44.6 Å². The topological polar surface area (TPSA) is 110 Å². The molecule has 3 heterocycles. The highest BCUT2D eigenvalue weighted by atomic mass is 16.2. The molecule has 1 unspecified atom stereocenters. The fraction of sp³-hybridized carbons (Fsp3) is 0.571. The van der Waals surface area contributed by atoms with Gasteiger partial charge in [-0.2, -0.15) is 5.26 Å². The number of imide groups is 1. The van der Waals surface area contributed by atoms with Crippen LogP contribution in [0, 0.1) is 11.3 Å². The van der Waals surface area contributed by atoms with E-state index in [1.165, 1.54) is 0 Å². The quantitative estimate of drug-likeness (QED) is 0.751. The number of anilines is 1. The van der Waals surface area contributed by atoms with Crippen LogP contribution >= 0.6 is 0 Å². The molecule has 30 heavy (non-hydrogen) atoms. The fourth-order valence-electron chi connectivity index (χ4n) is 4.77. The molecule has 1 aliphatic carbocycles. The summed E-state index contributed by atoms with van der Waals surface area (Å²) in [6, 6.07) is 4.32. The molecule has 158 valence electrons. The van der Waals surface area contributed by atoms with Gasteiger partial charge in [0.15, 0.2) is 0 Å². The molecule has 0 bridgehead atoms. The zero-order chi connectivity index (χ0) is 21.3. The monoisotopic (exact) mass is 410 g/mol. The number of hydrogen-bond acceptors (Lipinski definition) is 6. The third-order valence-electron chi connectivity index (χ3n) is 6.41. The largest absolute Gasteiger partial charge is 0.354 e. The maximum Gasteiger partial charge on any atom is 0.325 e. The Morgan fingerprint density at radius 1 is 1.20 bits per heavy atom. The molecule has 4 rings (SSSR count). The van der Waals surface area contributed by atoms with Gasteiger partial charge in [0.25, 0.3) is 5.91 Å². The van der Waals surface area contributed by atoms with Crippen molar-refractivity contribution in [1.29, 1.82) is 5.26 Å². The Hall–Kier alpha value is -3.15. The third-order valence-corrected chi connectivity index (χ3v) is 6.41. The van der Waals surface area contributed by atoms with Crippen LogP contribution in [-0.4, -0.2) is 70.4 Å². The lowest BCUT2D eigenvalue weighted by Gasteiger charge is -2.29. The summed E-state index contributed by atoms with van der Waals surface area (Å²) in [5.41, 5.74) is -0.305. The van der Waals surface area contributed by atoms with E-state index in [4.69, 9.17) is 0 Å². The van der Waals surface area contributed by atoms with Crippen LogP contribution in [0.25, 0.3) is 0 Å². The minimum absolute atomic E-state index is 0.225. The van der Waals surface area contributed by atoms with Crippen LogP contribution in [0.15, 0.2) is 18.3 Å². The molecule has 9 heteroatoms. The van der Waals surface area contributed by atoms with E-state index in [0.29, 0.717) is 56.8 Å². The first-order chi connectivity index (χ1) is 14.5. The molecular formula is C21H26N6O3. The number of nitrogens with one attached hydrogen (secondary N) is 1. The van der Waals surface area contributed by atoms with Crippen molar-refractivity contribution in [2.24, 2.45) is 0 Å². The van der Waals surface area contributed by atoms with E-state index in [1.807, 2.05) is 4.90 Å². The van der Waals surface area contributed by atoms with E-state index in [9.17, 15) is 19.6 Å². The molecule has 2 aliphatic heterocycles. The zero-order valence-corrected chi connectivity index (χ0v) is 17.1. The van der Waals surface area contributed by atoms with Gasteiger partial charge in [-0.1, -0.05) is 12.8 Å². The van der Waals surface area contributed by atoms with Crippen LogP contribution in [0.2, 0.25) is 0 Å². The van der Waals surface area contributed by atoms with Crippen molar-refractivity contribution in [3.8, 4) is 6.07 Å². The minimum Gasteiger partial charge on any atom is -0.354 e. The molecule has 1 N–H and O–H groups in total. The molecule has 1 aromatic heterocycles. The number of aromatic nitrogens is 1. The number of nitrogens with zero attached hydrogens (tertiary/aromatic N) is 5. The number of amides is 4. The van der Waals surface area contributed by atoms with Crippen LogP contribution < -0.4 is 10.2 Å². The number of pyridine rings is 1. The van der Waals surface area contributed by atoms with Gasteiger partial charge in [-0.05, 0) is 38.3 Å². The Morgan fingerprint density at radius 3 is 2.70 bits per heavy atom. The fourth-order valence-corrected chi connectivity index (χ4v) is 4.77. The van der Waals surface area contributed by atoms with Gasteiger partial charge in [0, 0.05) is 32.4 Å². The van der Waals surface area contributed by atoms with Crippen molar-refractivity contribution >= 4 is 23.7 Å². The maximum absolute atomic E-state index is 13.2. The van der Waals surface area contributed by atoms with Gasteiger partial charge >= 0.3 is 6.03 Å². The number of hydrogen-bond donors (Lipinski definition) is 1. The van der Waals surface area contributed by atoms with E-state index in [2.05, 4.69) is 16.4 Å². The lowest BCUT2D eigenvalue weighted by molar-refractivity contribution is -0.142. The summed E-state index contributed by atoms with van der Waals surface area (Å²) in [5.74, 6) is 0.131. The first-order valence-electron chi connectivity index (χ1n) is 10.5. The lowest BCUT2D eigenvalue weighted by atomic mass is 9.97. The second-order valence-electron chi connectivity index (χ2n) is 8.22. The Balaban J connectivity index is 1.44. The van der Waals surface area contributed by atoms with E-state index < -0.39 is 17.6 Å². The van der Waals surface area contributed by atoms with E-state index in [-0.39, 0.29) is 11.8 Å².